The summed E-state index contributed by atoms with van der Waals surface area (Å²) in [5.74, 6) is -1.45. The normalized spacial score (nSPS) is 30.0. The summed E-state index contributed by atoms with van der Waals surface area (Å²) in [6, 6.07) is 6.24. The van der Waals surface area contributed by atoms with Gasteiger partial charge in [0.1, 0.15) is 5.69 Å². The van der Waals surface area contributed by atoms with Gasteiger partial charge in [-0.05, 0) is 62.5 Å². The molecule has 33 heavy (non-hydrogen) atoms. The molecule has 2 heterocycles. The molecule has 0 radical (unpaired) electrons. The van der Waals surface area contributed by atoms with E-state index in [1.54, 1.807) is 24.4 Å². The number of carbonyl (C=O) groups is 2. The number of carbonyl (C=O) groups excluding carboxylic acids is 2. The molecule has 4 bridgehead atoms. The molecule has 2 amide bonds. The average Bonchev–Trinajstić information content (AvgIpc) is 2.72. The van der Waals surface area contributed by atoms with E-state index in [1.807, 2.05) is 0 Å². The first kappa shape index (κ1) is 21.6. The number of aromatic nitrogens is 3. The first-order valence-electron chi connectivity index (χ1n) is 10.8. The molecular formula is C22H22F3N5O3. The van der Waals surface area contributed by atoms with Crippen molar-refractivity contribution in [2.45, 2.75) is 55.8 Å². The second-order valence-corrected chi connectivity index (χ2v) is 9.42. The second kappa shape index (κ2) is 7.67. The first-order chi connectivity index (χ1) is 15.6. The molecule has 6 rings (SSSR count). The van der Waals surface area contributed by atoms with Crippen molar-refractivity contribution >= 4 is 12.0 Å². The smallest absolute Gasteiger partial charge is 0.391 e. The van der Waals surface area contributed by atoms with Crippen LogP contribution in [-0.2, 0) is 6.18 Å². The molecule has 2 aromatic heterocycles. The molecule has 0 aromatic carbocycles. The van der Waals surface area contributed by atoms with E-state index in [0.717, 1.165) is 44.4 Å². The zero-order chi connectivity index (χ0) is 23.3. The van der Waals surface area contributed by atoms with Crippen LogP contribution in [0, 0.1) is 11.8 Å². The van der Waals surface area contributed by atoms with Crippen molar-refractivity contribution in [1.29, 1.82) is 0 Å². The number of hydrogen-bond donors (Lipinski definition) is 2. The zero-order valence-corrected chi connectivity index (χ0v) is 17.6. The Hall–Kier alpha value is -3.24. The third-order valence-corrected chi connectivity index (χ3v) is 6.79. The molecule has 2 aromatic rings. The Morgan fingerprint density at radius 2 is 1.67 bits per heavy atom. The Morgan fingerprint density at radius 3 is 2.30 bits per heavy atom. The minimum absolute atomic E-state index is 0.254. The molecule has 4 saturated carbocycles. The summed E-state index contributed by atoms with van der Waals surface area (Å²) in [4.78, 5) is 36.0. The van der Waals surface area contributed by atoms with Gasteiger partial charge in [-0.15, -0.1) is 0 Å². The fourth-order valence-electron chi connectivity index (χ4n) is 6.23. The highest BCUT2D eigenvalue weighted by molar-refractivity contribution is 5.92. The fourth-order valence-corrected chi connectivity index (χ4v) is 6.23. The van der Waals surface area contributed by atoms with Crippen molar-refractivity contribution < 1.29 is 27.5 Å². The van der Waals surface area contributed by atoms with Crippen LogP contribution in [0.1, 0.15) is 54.8 Å². The van der Waals surface area contributed by atoms with Crippen molar-refractivity contribution in [2.75, 3.05) is 0 Å². The molecule has 11 heteroatoms. The molecule has 0 spiro atoms. The quantitative estimate of drug-likeness (QED) is 0.722. The molecule has 0 aliphatic heterocycles. The standard InChI is InChI=1S/C22H22F3N5O3/c23-22(24,25)18-27-6-4-16(28-18)33-19(32)30-21-10-13-7-14(11-21)9-20(8-13,12-21)29-17(31)15-3-1-2-5-26-15/h1-6,13-14H,7-12H2,(H,29,31)(H,30,32). The summed E-state index contributed by atoms with van der Waals surface area (Å²) in [6.07, 6.45) is 1.51. The van der Waals surface area contributed by atoms with Gasteiger partial charge in [-0.2, -0.15) is 18.2 Å². The van der Waals surface area contributed by atoms with Crippen LogP contribution in [0.15, 0.2) is 36.7 Å². The van der Waals surface area contributed by atoms with Gasteiger partial charge in [-0.3, -0.25) is 9.78 Å². The SMILES string of the molecule is O=C(NC12CC3CC(C1)CC(NC(=O)c1ccccn1)(C3)C2)Oc1ccnc(C(F)(F)F)n1. The number of nitrogens with zero attached hydrogens (tertiary/aromatic N) is 3. The van der Waals surface area contributed by atoms with Crippen LogP contribution in [0.25, 0.3) is 0 Å². The van der Waals surface area contributed by atoms with E-state index in [4.69, 9.17) is 4.74 Å². The van der Waals surface area contributed by atoms with Gasteiger partial charge in [0.25, 0.3) is 5.91 Å². The Kier molecular flexibility index (Phi) is 5.02. The number of halogens is 3. The molecule has 4 fully saturated rings. The van der Waals surface area contributed by atoms with E-state index in [9.17, 15) is 22.8 Å². The van der Waals surface area contributed by atoms with Crippen LogP contribution in [-0.4, -0.2) is 38.0 Å². The fraction of sp³-hybridized carbons (Fsp3) is 0.500. The third kappa shape index (κ3) is 4.36. The second-order valence-electron chi connectivity index (χ2n) is 9.42. The van der Waals surface area contributed by atoms with E-state index in [-0.39, 0.29) is 5.91 Å². The Morgan fingerprint density at radius 1 is 0.970 bits per heavy atom. The van der Waals surface area contributed by atoms with Gasteiger partial charge in [-0.1, -0.05) is 6.07 Å². The third-order valence-electron chi connectivity index (χ3n) is 6.79. The highest BCUT2D eigenvalue weighted by atomic mass is 19.4. The van der Waals surface area contributed by atoms with Gasteiger partial charge in [0.15, 0.2) is 0 Å². The van der Waals surface area contributed by atoms with Crippen LogP contribution in [0.2, 0.25) is 0 Å². The zero-order valence-electron chi connectivity index (χ0n) is 17.6. The Labute approximate surface area is 187 Å². The largest absolute Gasteiger partial charge is 0.451 e. The summed E-state index contributed by atoms with van der Waals surface area (Å²) in [7, 11) is 0. The number of ether oxygens (including phenoxy) is 1. The molecule has 2 N–H and O–H groups in total. The molecule has 2 atom stereocenters. The van der Waals surface area contributed by atoms with Gasteiger partial charge in [0.05, 0.1) is 0 Å². The maximum absolute atomic E-state index is 12.8. The predicted octanol–water partition coefficient (Wildman–Crippen LogP) is 3.50. The van der Waals surface area contributed by atoms with Crippen molar-refractivity contribution in [2.24, 2.45) is 11.8 Å². The van der Waals surface area contributed by atoms with E-state index in [2.05, 4.69) is 25.6 Å². The van der Waals surface area contributed by atoms with Gasteiger partial charge in [0.2, 0.25) is 11.7 Å². The summed E-state index contributed by atoms with van der Waals surface area (Å²) in [5.41, 5.74) is -0.734. The minimum atomic E-state index is -4.74. The molecular weight excluding hydrogens is 439 g/mol. The van der Waals surface area contributed by atoms with Crippen LogP contribution < -0.4 is 15.4 Å². The maximum atomic E-state index is 12.8. The molecule has 4 aliphatic carbocycles. The topological polar surface area (TPSA) is 106 Å². The summed E-state index contributed by atoms with van der Waals surface area (Å²) >= 11 is 0. The van der Waals surface area contributed by atoms with Crippen LogP contribution in [0.3, 0.4) is 0 Å². The lowest BCUT2D eigenvalue weighted by Gasteiger charge is -2.61. The average molecular weight is 461 g/mol. The van der Waals surface area contributed by atoms with Crippen LogP contribution in [0.5, 0.6) is 5.88 Å². The van der Waals surface area contributed by atoms with E-state index in [1.165, 1.54) is 0 Å². The number of amides is 2. The van der Waals surface area contributed by atoms with Gasteiger partial charge >= 0.3 is 12.3 Å². The Bertz CT molecular complexity index is 1060. The first-order valence-corrected chi connectivity index (χ1v) is 10.8. The molecule has 8 nitrogen and oxygen atoms in total. The number of pyridine rings is 1. The molecule has 0 saturated heterocycles. The lowest BCUT2D eigenvalue weighted by Crippen LogP contribution is -2.70. The number of nitrogens with one attached hydrogen (secondary N) is 2. The number of hydrogen-bond acceptors (Lipinski definition) is 6. The van der Waals surface area contributed by atoms with E-state index >= 15 is 0 Å². The highest BCUT2D eigenvalue weighted by Gasteiger charge is 2.59. The summed E-state index contributed by atoms with van der Waals surface area (Å²) in [6.45, 7) is 0. The van der Waals surface area contributed by atoms with Gasteiger partial charge < -0.3 is 15.4 Å². The Balaban J connectivity index is 1.31. The molecule has 174 valence electrons. The minimum Gasteiger partial charge on any atom is -0.391 e. The van der Waals surface area contributed by atoms with Crippen molar-refractivity contribution in [3.63, 3.8) is 0 Å². The maximum Gasteiger partial charge on any atom is 0.451 e. The number of alkyl halides is 3. The lowest BCUT2D eigenvalue weighted by atomic mass is 9.50. The van der Waals surface area contributed by atoms with Crippen LogP contribution >= 0.6 is 0 Å². The van der Waals surface area contributed by atoms with Crippen molar-refractivity contribution in [1.82, 2.24) is 25.6 Å². The van der Waals surface area contributed by atoms with Gasteiger partial charge in [0, 0.05) is 29.5 Å². The van der Waals surface area contributed by atoms with E-state index in [0.29, 0.717) is 24.0 Å². The predicted molar refractivity (Wildman–Crippen MR) is 108 cm³/mol. The summed E-state index contributed by atoms with van der Waals surface area (Å²) in [5, 5.41) is 6.07. The van der Waals surface area contributed by atoms with Crippen molar-refractivity contribution in [3.8, 4) is 5.88 Å². The van der Waals surface area contributed by atoms with Crippen molar-refractivity contribution in [3.05, 3.63) is 48.2 Å². The molecule has 4 aliphatic rings. The number of rotatable bonds is 4. The van der Waals surface area contributed by atoms with Crippen LogP contribution in [0.4, 0.5) is 18.0 Å². The highest BCUT2D eigenvalue weighted by Crippen LogP contribution is 2.57. The lowest BCUT2D eigenvalue weighted by molar-refractivity contribution is -0.145. The molecule has 2 unspecified atom stereocenters. The van der Waals surface area contributed by atoms with E-state index < -0.39 is 35.1 Å². The van der Waals surface area contributed by atoms with Gasteiger partial charge in [-0.25, -0.2) is 9.78 Å². The summed E-state index contributed by atoms with van der Waals surface area (Å²) < 4.78 is 43.6. The monoisotopic (exact) mass is 461 g/mol.